The van der Waals surface area contributed by atoms with E-state index in [4.69, 9.17) is 27.9 Å². The van der Waals surface area contributed by atoms with Crippen LogP contribution >= 0.6 is 23.2 Å². The number of benzene rings is 3. The number of rotatable bonds is 6. The standard InChI is InChI=1S/C21H19Cl2NO/c1-15-5-8-19(9-6-15)24-13-16-7-10-21(20(23)12-16)25-14-17-3-2-4-18(22)11-17/h2-12,24H,13-14H2,1H3. The summed E-state index contributed by atoms with van der Waals surface area (Å²) in [5.41, 5.74) is 4.44. The van der Waals surface area contributed by atoms with Crippen LogP contribution in [0.4, 0.5) is 5.69 Å². The first-order chi connectivity index (χ1) is 12.1. The van der Waals surface area contributed by atoms with Crippen molar-refractivity contribution in [3.8, 4) is 5.75 Å². The molecule has 0 spiro atoms. The van der Waals surface area contributed by atoms with E-state index < -0.39 is 0 Å². The first-order valence-electron chi connectivity index (χ1n) is 8.06. The van der Waals surface area contributed by atoms with Crippen molar-refractivity contribution < 1.29 is 4.74 Å². The molecule has 0 fully saturated rings. The monoisotopic (exact) mass is 371 g/mol. The Morgan fingerprint density at radius 2 is 1.68 bits per heavy atom. The Bertz CT molecular complexity index is 847. The normalized spacial score (nSPS) is 10.5. The third-order valence-corrected chi connectivity index (χ3v) is 4.36. The zero-order valence-electron chi connectivity index (χ0n) is 13.9. The van der Waals surface area contributed by atoms with Crippen molar-refractivity contribution >= 4 is 28.9 Å². The molecule has 4 heteroatoms. The van der Waals surface area contributed by atoms with E-state index in [0.717, 1.165) is 16.8 Å². The van der Waals surface area contributed by atoms with Gasteiger partial charge in [-0.05, 0) is 54.4 Å². The fraction of sp³-hybridized carbons (Fsp3) is 0.143. The largest absolute Gasteiger partial charge is 0.487 e. The molecule has 0 atom stereocenters. The summed E-state index contributed by atoms with van der Waals surface area (Å²) in [5.74, 6) is 0.667. The van der Waals surface area contributed by atoms with E-state index in [9.17, 15) is 0 Å². The average Bonchev–Trinajstić information content (AvgIpc) is 2.60. The lowest BCUT2D eigenvalue weighted by molar-refractivity contribution is 0.306. The van der Waals surface area contributed by atoms with Crippen LogP contribution in [0.1, 0.15) is 16.7 Å². The summed E-state index contributed by atoms with van der Waals surface area (Å²) in [7, 11) is 0. The van der Waals surface area contributed by atoms with Gasteiger partial charge in [-0.3, -0.25) is 0 Å². The van der Waals surface area contributed by atoms with E-state index in [1.807, 2.05) is 42.5 Å². The van der Waals surface area contributed by atoms with Gasteiger partial charge < -0.3 is 10.1 Å². The maximum absolute atomic E-state index is 6.35. The second kappa shape index (κ2) is 8.28. The Morgan fingerprint density at radius 1 is 0.880 bits per heavy atom. The molecule has 128 valence electrons. The van der Waals surface area contributed by atoms with Crippen LogP contribution in [0.3, 0.4) is 0 Å². The van der Waals surface area contributed by atoms with Gasteiger partial charge in [0.1, 0.15) is 12.4 Å². The van der Waals surface area contributed by atoms with E-state index in [0.29, 0.717) is 28.9 Å². The lowest BCUT2D eigenvalue weighted by atomic mass is 10.2. The van der Waals surface area contributed by atoms with Crippen LogP contribution in [0.5, 0.6) is 5.75 Å². The number of aryl methyl sites for hydroxylation is 1. The summed E-state index contributed by atoms with van der Waals surface area (Å²) < 4.78 is 5.80. The Morgan fingerprint density at radius 3 is 2.40 bits per heavy atom. The minimum absolute atomic E-state index is 0.432. The molecule has 0 saturated heterocycles. The molecule has 2 nitrogen and oxygen atoms in total. The van der Waals surface area contributed by atoms with Gasteiger partial charge in [0.2, 0.25) is 0 Å². The molecule has 0 heterocycles. The first kappa shape index (κ1) is 17.7. The molecule has 0 amide bonds. The van der Waals surface area contributed by atoms with E-state index in [-0.39, 0.29) is 0 Å². The maximum atomic E-state index is 6.35. The molecule has 0 radical (unpaired) electrons. The van der Waals surface area contributed by atoms with Crippen molar-refractivity contribution in [3.05, 3.63) is 93.5 Å². The summed E-state index contributed by atoms with van der Waals surface area (Å²) in [4.78, 5) is 0. The summed E-state index contributed by atoms with van der Waals surface area (Å²) >= 11 is 12.3. The quantitative estimate of drug-likeness (QED) is 0.534. The van der Waals surface area contributed by atoms with Gasteiger partial charge in [-0.15, -0.1) is 0 Å². The van der Waals surface area contributed by atoms with Gasteiger partial charge in [0.05, 0.1) is 5.02 Å². The second-order valence-corrected chi connectivity index (χ2v) is 6.75. The molecule has 3 rings (SSSR count). The predicted octanol–water partition coefficient (Wildman–Crippen LogP) is 6.49. The number of hydrogen-bond acceptors (Lipinski definition) is 2. The van der Waals surface area contributed by atoms with Crippen molar-refractivity contribution in [1.29, 1.82) is 0 Å². The fourth-order valence-electron chi connectivity index (χ4n) is 2.43. The minimum atomic E-state index is 0.432. The van der Waals surface area contributed by atoms with Crippen LogP contribution in [0.25, 0.3) is 0 Å². The number of anilines is 1. The Kier molecular flexibility index (Phi) is 5.85. The Hall–Kier alpha value is -2.16. The van der Waals surface area contributed by atoms with Crippen molar-refractivity contribution in [2.45, 2.75) is 20.1 Å². The SMILES string of the molecule is Cc1ccc(NCc2ccc(OCc3cccc(Cl)c3)c(Cl)c2)cc1. The van der Waals surface area contributed by atoms with Crippen molar-refractivity contribution in [3.63, 3.8) is 0 Å². The lowest BCUT2D eigenvalue weighted by Gasteiger charge is -2.11. The van der Waals surface area contributed by atoms with Crippen LogP contribution < -0.4 is 10.1 Å². The van der Waals surface area contributed by atoms with Crippen LogP contribution in [0, 0.1) is 6.92 Å². The molecule has 0 saturated carbocycles. The average molecular weight is 372 g/mol. The van der Waals surface area contributed by atoms with Crippen LogP contribution in [-0.2, 0) is 13.2 Å². The summed E-state index contributed by atoms with van der Waals surface area (Å²) in [6, 6.07) is 21.8. The van der Waals surface area contributed by atoms with Crippen molar-refractivity contribution in [2.75, 3.05) is 5.32 Å². The highest BCUT2D eigenvalue weighted by Crippen LogP contribution is 2.27. The van der Waals surface area contributed by atoms with Gasteiger partial charge in [0.15, 0.2) is 0 Å². The molecule has 0 aliphatic rings. The van der Waals surface area contributed by atoms with Crippen LogP contribution in [-0.4, -0.2) is 0 Å². The molecule has 0 aromatic heterocycles. The first-order valence-corrected chi connectivity index (χ1v) is 8.82. The molecule has 0 bridgehead atoms. The molecule has 3 aromatic rings. The van der Waals surface area contributed by atoms with Crippen LogP contribution in [0.15, 0.2) is 66.7 Å². The maximum Gasteiger partial charge on any atom is 0.138 e. The Balaban J connectivity index is 1.59. The van der Waals surface area contributed by atoms with Gasteiger partial charge in [-0.1, -0.05) is 59.1 Å². The Labute approximate surface area is 158 Å². The summed E-state index contributed by atoms with van der Waals surface area (Å²) in [6.45, 7) is 3.21. The van der Waals surface area contributed by atoms with E-state index in [2.05, 4.69) is 36.5 Å². The zero-order valence-corrected chi connectivity index (χ0v) is 15.4. The van der Waals surface area contributed by atoms with Gasteiger partial charge in [0, 0.05) is 17.3 Å². The van der Waals surface area contributed by atoms with Gasteiger partial charge >= 0.3 is 0 Å². The number of nitrogens with one attached hydrogen (secondary N) is 1. The van der Waals surface area contributed by atoms with Crippen molar-refractivity contribution in [1.82, 2.24) is 0 Å². The van der Waals surface area contributed by atoms with E-state index >= 15 is 0 Å². The van der Waals surface area contributed by atoms with E-state index in [1.165, 1.54) is 5.56 Å². The molecular weight excluding hydrogens is 353 g/mol. The third kappa shape index (κ3) is 5.15. The highest BCUT2D eigenvalue weighted by molar-refractivity contribution is 6.32. The van der Waals surface area contributed by atoms with Crippen LogP contribution in [0.2, 0.25) is 10.0 Å². The molecule has 0 aliphatic heterocycles. The zero-order chi connectivity index (χ0) is 17.6. The molecule has 3 aromatic carbocycles. The van der Waals surface area contributed by atoms with Gasteiger partial charge in [-0.2, -0.15) is 0 Å². The lowest BCUT2D eigenvalue weighted by Crippen LogP contribution is -2.00. The van der Waals surface area contributed by atoms with E-state index in [1.54, 1.807) is 0 Å². The summed E-state index contributed by atoms with van der Waals surface area (Å²) in [6.07, 6.45) is 0. The minimum Gasteiger partial charge on any atom is -0.487 e. The topological polar surface area (TPSA) is 21.3 Å². The molecule has 0 aliphatic carbocycles. The van der Waals surface area contributed by atoms with Gasteiger partial charge in [0.25, 0.3) is 0 Å². The second-order valence-electron chi connectivity index (χ2n) is 5.90. The number of halogens is 2. The molecule has 1 N–H and O–H groups in total. The highest BCUT2D eigenvalue weighted by atomic mass is 35.5. The molecular formula is C21H19Cl2NO. The third-order valence-electron chi connectivity index (χ3n) is 3.83. The molecule has 25 heavy (non-hydrogen) atoms. The van der Waals surface area contributed by atoms with Crippen molar-refractivity contribution in [2.24, 2.45) is 0 Å². The predicted molar refractivity (Wildman–Crippen MR) is 106 cm³/mol. The smallest absolute Gasteiger partial charge is 0.138 e. The fourth-order valence-corrected chi connectivity index (χ4v) is 2.91. The summed E-state index contributed by atoms with van der Waals surface area (Å²) in [5, 5.41) is 4.69. The molecule has 0 unspecified atom stereocenters. The van der Waals surface area contributed by atoms with Gasteiger partial charge in [-0.25, -0.2) is 0 Å². The number of ether oxygens (including phenoxy) is 1. The highest BCUT2D eigenvalue weighted by Gasteiger charge is 2.04. The number of hydrogen-bond donors (Lipinski definition) is 1.